The molecule has 0 aromatic rings. The first-order valence-corrected chi connectivity index (χ1v) is 4.65. The molecular formula is C5H12N2OP+. The molecule has 0 spiro atoms. The second-order valence-corrected chi connectivity index (χ2v) is 3.67. The van der Waals surface area contributed by atoms with Crippen LogP contribution in [0, 0.1) is 0 Å². The Labute approximate surface area is 55.8 Å². The van der Waals surface area contributed by atoms with Crippen molar-refractivity contribution in [2.45, 2.75) is 25.0 Å². The lowest BCUT2D eigenvalue weighted by atomic mass is 10.2. The summed E-state index contributed by atoms with van der Waals surface area (Å²) in [7, 11) is -1.48. The van der Waals surface area contributed by atoms with Crippen molar-refractivity contribution in [3.8, 4) is 0 Å². The van der Waals surface area contributed by atoms with Gasteiger partial charge in [-0.3, -0.25) is 5.32 Å². The molecule has 0 aliphatic carbocycles. The second-order valence-electron chi connectivity index (χ2n) is 2.33. The number of piperidine rings is 1. The predicted molar refractivity (Wildman–Crippen MR) is 37.4 cm³/mol. The molecule has 0 bridgehead atoms. The van der Waals surface area contributed by atoms with Crippen LogP contribution in [0.25, 0.3) is 0 Å². The van der Waals surface area contributed by atoms with Gasteiger partial charge in [-0.25, -0.2) is 0 Å². The predicted octanol–water partition coefficient (Wildman–Crippen LogP) is 0.787. The van der Waals surface area contributed by atoms with Crippen LogP contribution in [0.4, 0.5) is 0 Å². The molecule has 0 radical (unpaired) electrons. The first kappa shape index (κ1) is 7.13. The van der Waals surface area contributed by atoms with Gasteiger partial charge in [-0.15, -0.1) is 5.50 Å². The molecule has 0 saturated carbocycles. The average Bonchev–Trinajstić information content (AvgIpc) is 1.90. The molecule has 1 aliphatic heterocycles. The Morgan fingerprint density at radius 1 is 1.56 bits per heavy atom. The molecule has 0 aromatic heterocycles. The third kappa shape index (κ3) is 2.01. The topological polar surface area (TPSA) is 55.1 Å². The Bertz CT molecular complexity index is 112. The molecule has 3 N–H and O–H groups in total. The minimum absolute atomic E-state index is 0.0914. The SMILES string of the molecule is N[P+](=O)C1CCCCN1. The molecule has 1 rings (SSSR count). The van der Waals surface area contributed by atoms with Crippen LogP contribution >= 0.6 is 7.95 Å². The smallest absolute Gasteiger partial charge is 0.272 e. The molecule has 1 saturated heterocycles. The third-order valence-electron chi connectivity index (χ3n) is 1.59. The van der Waals surface area contributed by atoms with E-state index in [0.717, 1.165) is 19.4 Å². The minimum atomic E-state index is -1.48. The summed E-state index contributed by atoms with van der Waals surface area (Å²) in [5.74, 6) is 0.0914. The number of nitrogens with one attached hydrogen (secondary N) is 1. The monoisotopic (exact) mass is 147 g/mol. The van der Waals surface area contributed by atoms with E-state index < -0.39 is 7.95 Å². The summed E-state index contributed by atoms with van der Waals surface area (Å²) < 4.78 is 10.7. The number of rotatable bonds is 1. The molecule has 0 aromatic carbocycles. The molecule has 2 atom stereocenters. The summed E-state index contributed by atoms with van der Waals surface area (Å²) >= 11 is 0. The zero-order valence-corrected chi connectivity index (χ0v) is 6.23. The summed E-state index contributed by atoms with van der Waals surface area (Å²) in [5, 5.41) is 3.11. The van der Waals surface area contributed by atoms with Crippen molar-refractivity contribution in [1.29, 1.82) is 0 Å². The van der Waals surface area contributed by atoms with Gasteiger partial charge in [0.25, 0.3) is 0 Å². The van der Waals surface area contributed by atoms with Crippen molar-refractivity contribution < 1.29 is 4.57 Å². The highest BCUT2D eigenvalue weighted by Crippen LogP contribution is 2.23. The van der Waals surface area contributed by atoms with Gasteiger partial charge in [0.05, 0.1) is 0 Å². The fourth-order valence-electron chi connectivity index (χ4n) is 1.05. The fourth-order valence-corrected chi connectivity index (χ4v) is 1.80. The fraction of sp³-hybridized carbons (Fsp3) is 1.00. The van der Waals surface area contributed by atoms with Crippen molar-refractivity contribution in [2.75, 3.05) is 6.54 Å². The van der Waals surface area contributed by atoms with Gasteiger partial charge in [-0.1, -0.05) is 0 Å². The molecule has 4 heteroatoms. The first-order valence-electron chi connectivity index (χ1n) is 3.25. The molecular weight excluding hydrogens is 135 g/mol. The molecule has 1 aliphatic rings. The second kappa shape index (κ2) is 3.25. The maximum Gasteiger partial charge on any atom is 0.448 e. The van der Waals surface area contributed by atoms with Crippen LogP contribution < -0.4 is 10.8 Å². The van der Waals surface area contributed by atoms with Crippen LogP contribution in [0.1, 0.15) is 19.3 Å². The van der Waals surface area contributed by atoms with E-state index >= 15 is 0 Å². The van der Waals surface area contributed by atoms with Crippen LogP contribution in [0.2, 0.25) is 0 Å². The van der Waals surface area contributed by atoms with E-state index in [2.05, 4.69) is 5.32 Å². The molecule has 9 heavy (non-hydrogen) atoms. The highest BCUT2D eigenvalue weighted by molar-refractivity contribution is 7.42. The van der Waals surface area contributed by atoms with Crippen LogP contribution in [0.5, 0.6) is 0 Å². The molecule has 52 valence electrons. The van der Waals surface area contributed by atoms with E-state index in [1.807, 2.05) is 0 Å². The van der Waals surface area contributed by atoms with Gasteiger partial charge in [0, 0.05) is 6.42 Å². The quantitative estimate of drug-likeness (QED) is 0.539. The Kier molecular flexibility index (Phi) is 2.58. The number of nitrogens with two attached hydrogens (primary N) is 1. The molecule has 1 fully saturated rings. The molecule has 2 unspecified atom stereocenters. The Balaban J connectivity index is 2.31. The van der Waals surface area contributed by atoms with E-state index in [1.165, 1.54) is 6.42 Å². The van der Waals surface area contributed by atoms with Crippen molar-refractivity contribution in [3.05, 3.63) is 0 Å². The Hall–Kier alpha value is 0.0200. The highest BCUT2D eigenvalue weighted by Gasteiger charge is 2.27. The summed E-state index contributed by atoms with van der Waals surface area (Å²) in [5.41, 5.74) is 5.21. The minimum Gasteiger partial charge on any atom is -0.272 e. The zero-order valence-electron chi connectivity index (χ0n) is 5.34. The van der Waals surface area contributed by atoms with Crippen LogP contribution in [-0.2, 0) is 4.57 Å². The van der Waals surface area contributed by atoms with Gasteiger partial charge >= 0.3 is 7.95 Å². The van der Waals surface area contributed by atoms with E-state index in [9.17, 15) is 4.57 Å². The van der Waals surface area contributed by atoms with E-state index in [4.69, 9.17) is 5.50 Å². The zero-order chi connectivity index (χ0) is 6.69. The summed E-state index contributed by atoms with van der Waals surface area (Å²) in [6.45, 7) is 0.975. The standard InChI is InChI=1S/C5H12N2OP/c6-9(8)5-3-1-2-4-7-5/h5,7H,1-4H2,(H2,6,8)/q+1. The van der Waals surface area contributed by atoms with Gasteiger partial charge in [0.1, 0.15) is 0 Å². The Morgan fingerprint density at radius 2 is 2.33 bits per heavy atom. The van der Waals surface area contributed by atoms with E-state index in [-0.39, 0.29) is 5.78 Å². The summed E-state index contributed by atoms with van der Waals surface area (Å²) in [6, 6.07) is 0. The lowest BCUT2D eigenvalue weighted by Crippen LogP contribution is -2.32. The van der Waals surface area contributed by atoms with Gasteiger partial charge in [-0.2, -0.15) is 0 Å². The number of hydrogen-bond acceptors (Lipinski definition) is 2. The molecule has 3 nitrogen and oxygen atoms in total. The lowest BCUT2D eigenvalue weighted by molar-refractivity contribution is 0.468. The van der Waals surface area contributed by atoms with Gasteiger partial charge in [-0.05, 0) is 24.0 Å². The van der Waals surface area contributed by atoms with Gasteiger partial charge in [0.2, 0.25) is 5.78 Å². The largest absolute Gasteiger partial charge is 0.448 e. The molecule has 1 heterocycles. The maximum absolute atomic E-state index is 10.7. The van der Waals surface area contributed by atoms with Crippen LogP contribution in [0.3, 0.4) is 0 Å². The summed E-state index contributed by atoms with van der Waals surface area (Å²) in [6.07, 6.45) is 3.33. The van der Waals surface area contributed by atoms with Crippen molar-refractivity contribution in [2.24, 2.45) is 5.50 Å². The maximum atomic E-state index is 10.7. The van der Waals surface area contributed by atoms with Crippen molar-refractivity contribution in [1.82, 2.24) is 5.32 Å². The van der Waals surface area contributed by atoms with E-state index in [0.29, 0.717) is 0 Å². The normalized spacial score (nSPS) is 29.9. The lowest BCUT2D eigenvalue weighted by Gasteiger charge is -2.12. The number of hydrogen-bond donors (Lipinski definition) is 2. The third-order valence-corrected chi connectivity index (χ3v) is 2.65. The highest BCUT2D eigenvalue weighted by atomic mass is 31.1. The van der Waals surface area contributed by atoms with Gasteiger partial charge in [0.15, 0.2) is 0 Å². The van der Waals surface area contributed by atoms with Crippen molar-refractivity contribution in [3.63, 3.8) is 0 Å². The van der Waals surface area contributed by atoms with Crippen LogP contribution in [0.15, 0.2) is 0 Å². The van der Waals surface area contributed by atoms with Crippen LogP contribution in [-0.4, -0.2) is 12.3 Å². The van der Waals surface area contributed by atoms with E-state index in [1.54, 1.807) is 0 Å². The first-order chi connectivity index (χ1) is 4.30. The molecule has 0 amide bonds. The van der Waals surface area contributed by atoms with Gasteiger partial charge < -0.3 is 0 Å². The summed E-state index contributed by atoms with van der Waals surface area (Å²) in [4.78, 5) is 0. The van der Waals surface area contributed by atoms with Crippen molar-refractivity contribution >= 4 is 7.95 Å². The average molecular weight is 147 g/mol. The Morgan fingerprint density at radius 3 is 2.67 bits per heavy atom.